The lowest BCUT2D eigenvalue weighted by Crippen LogP contribution is -2.05. The molecular weight excluding hydrogens is 144 g/mol. The molecule has 0 bridgehead atoms. The number of carbonyl (C=O) groups excluding carboxylic acids is 1. The van der Waals surface area contributed by atoms with E-state index in [4.69, 9.17) is 11.6 Å². The van der Waals surface area contributed by atoms with Gasteiger partial charge in [-0.2, -0.15) is 0 Å². The number of hydrogen-bond donors (Lipinski definition) is 0. The average molecular weight is 151 g/mol. The van der Waals surface area contributed by atoms with Crippen molar-refractivity contribution in [1.29, 1.82) is 0 Å². The smallest absolute Gasteiger partial charge is 0.430 e. The monoisotopic (exact) mass is 150 g/mol. The van der Waals surface area contributed by atoms with Crippen molar-refractivity contribution < 1.29 is 14.3 Å². The molecule has 0 spiro atoms. The van der Waals surface area contributed by atoms with Crippen LogP contribution in [0, 0.1) is 0 Å². The normalized spacial score (nSPS) is 8.11. The number of rotatable bonds is 3. The van der Waals surface area contributed by atoms with Crippen LogP contribution in [0.3, 0.4) is 0 Å². The minimum absolute atomic E-state index is 0.149. The van der Waals surface area contributed by atoms with Crippen LogP contribution in [0.4, 0.5) is 4.79 Å². The van der Waals surface area contributed by atoms with Gasteiger partial charge in [0.25, 0.3) is 0 Å². The van der Waals surface area contributed by atoms with Crippen LogP contribution in [-0.4, -0.2) is 18.8 Å². The molecule has 0 radical (unpaired) electrons. The van der Waals surface area contributed by atoms with Crippen molar-refractivity contribution in [3.63, 3.8) is 0 Å². The number of hydrogen-bond acceptors (Lipinski definition) is 3. The minimum atomic E-state index is -0.773. The molecule has 0 atom stereocenters. The number of alkyl halides is 1. The molecular formula is C5H7ClO3. The second kappa shape index (κ2) is 5.44. The van der Waals surface area contributed by atoms with E-state index in [1.807, 2.05) is 0 Å². The summed E-state index contributed by atoms with van der Waals surface area (Å²) < 4.78 is 8.57. The van der Waals surface area contributed by atoms with E-state index in [1.54, 1.807) is 0 Å². The van der Waals surface area contributed by atoms with Gasteiger partial charge in [-0.3, -0.25) is 0 Å². The highest BCUT2D eigenvalue weighted by molar-refractivity contribution is 6.17. The predicted molar refractivity (Wildman–Crippen MR) is 33.3 cm³/mol. The molecule has 0 heterocycles. The molecule has 0 aromatic carbocycles. The quantitative estimate of drug-likeness (QED) is 0.348. The Bertz CT molecular complexity index is 102. The molecule has 9 heavy (non-hydrogen) atoms. The van der Waals surface area contributed by atoms with Crippen LogP contribution in [0.15, 0.2) is 12.7 Å². The van der Waals surface area contributed by atoms with Crippen LogP contribution >= 0.6 is 11.6 Å². The largest absolute Gasteiger partial charge is 0.509 e. The number of halogens is 1. The van der Waals surface area contributed by atoms with Crippen molar-refractivity contribution in [1.82, 2.24) is 0 Å². The molecule has 0 unspecified atom stereocenters. The molecule has 0 aromatic heterocycles. The van der Waals surface area contributed by atoms with E-state index in [0.29, 0.717) is 0 Å². The topological polar surface area (TPSA) is 35.5 Å². The van der Waals surface area contributed by atoms with E-state index in [2.05, 4.69) is 16.1 Å². The fourth-order valence-electron chi connectivity index (χ4n) is 0.213. The van der Waals surface area contributed by atoms with Crippen LogP contribution in [0.2, 0.25) is 0 Å². The molecule has 0 amide bonds. The van der Waals surface area contributed by atoms with Gasteiger partial charge in [-0.25, -0.2) is 4.79 Å². The summed E-state index contributed by atoms with van der Waals surface area (Å²) in [6, 6.07) is -0.185. The van der Waals surface area contributed by atoms with Crippen molar-refractivity contribution in [3.05, 3.63) is 12.7 Å². The summed E-state index contributed by atoms with van der Waals surface area (Å²) in [5.74, 6) is 0. The molecule has 4 heteroatoms. The van der Waals surface area contributed by atoms with E-state index < -0.39 is 6.16 Å². The summed E-state index contributed by atoms with van der Waals surface area (Å²) in [5.41, 5.74) is 0. The van der Waals surface area contributed by atoms with Gasteiger partial charge >= 0.3 is 6.16 Å². The van der Waals surface area contributed by atoms with Crippen LogP contribution in [0.1, 0.15) is 0 Å². The molecule has 3 nitrogen and oxygen atoms in total. The molecule has 0 N–H and O–H groups in total. The van der Waals surface area contributed by atoms with E-state index in [-0.39, 0.29) is 12.7 Å². The molecule has 0 aromatic rings. The maximum atomic E-state index is 10.2. The number of carbonyl (C=O) groups is 1. The third-order valence-electron chi connectivity index (χ3n) is 0.491. The highest BCUT2D eigenvalue weighted by Crippen LogP contribution is 1.86. The molecule has 0 aliphatic carbocycles. The first-order chi connectivity index (χ1) is 4.31. The first-order valence-electron chi connectivity index (χ1n) is 2.27. The first kappa shape index (κ1) is 8.30. The van der Waals surface area contributed by atoms with Gasteiger partial charge in [0.2, 0.25) is 0 Å². The lowest BCUT2D eigenvalue weighted by atomic mass is 10.7. The van der Waals surface area contributed by atoms with Gasteiger partial charge in [-0.05, 0) is 0 Å². The fraction of sp³-hybridized carbons (Fsp3) is 0.400. The van der Waals surface area contributed by atoms with Gasteiger partial charge in [-0.1, -0.05) is 24.3 Å². The van der Waals surface area contributed by atoms with E-state index in [0.717, 1.165) is 0 Å². The van der Waals surface area contributed by atoms with Crippen LogP contribution < -0.4 is 0 Å². The van der Waals surface area contributed by atoms with Crippen molar-refractivity contribution in [2.75, 3.05) is 12.7 Å². The Morgan fingerprint density at radius 1 is 1.67 bits per heavy atom. The Morgan fingerprint density at radius 2 is 2.33 bits per heavy atom. The minimum Gasteiger partial charge on any atom is -0.430 e. The SMILES string of the molecule is C=CCOC(=O)OCCl. The molecule has 0 aliphatic heterocycles. The van der Waals surface area contributed by atoms with Crippen molar-refractivity contribution in [2.45, 2.75) is 0 Å². The fourth-order valence-corrected chi connectivity index (χ4v) is 0.302. The second-order valence-corrected chi connectivity index (χ2v) is 1.32. The summed E-state index contributed by atoms with van der Waals surface area (Å²) in [5, 5.41) is 0. The maximum absolute atomic E-state index is 10.2. The Balaban J connectivity index is 3.16. The zero-order valence-electron chi connectivity index (χ0n) is 4.80. The van der Waals surface area contributed by atoms with Crippen molar-refractivity contribution in [3.8, 4) is 0 Å². The average Bonchev–Trinajstić information content (AvgIpc) is 1.85. The summed E-state index contributed by atoms with van der Waals surface area (Å²) in [6.45, 7) is 3.48. The van der Waals surface area contributed by atoms with Gasteiger partial charge in [0.05, 0.1) is 0 Å². The van der Waals surface area contributed by atoms with Gasteiger partial charge in [-0.15, -0.1) is 0 Å². The van der Waals surface area contributed by atoms with Crippen LogP contribution in [0.25, 0.3) is 0 Å². The summed E-state index contributed by atoms with van der Waals surface area (Å²) in [6.07, 6.45) is 0.667. The van der Waals surface area contributed by atoms with Crippen molar-refractivity contribution in [2.24, 2.45) is 0 Å². The highest BCUT2D eigenvalue weighted by Gasteiger charge is 1.97. The number of ether oxygens (including phenoxy) is 2. The predicted octanol–water partition coefficient (Wildman–Crippen LogP) is 1.52. The van der Waals surface area contributed by atoms with E-state index in [9.17, 15) is 4.79 Å². The second-order valence-electron chi connectivity index (χ2n) is 1.10. The third kappa shape index (κ3) is 5.17. The first-order valence-corrected chi connectivity index (χ1v) is 2.81. The Hall–Kier alpha value is -0.700. The van der Waals surface area contributed by atoms with E-state index >= 15 is 0 Å². The Labute approximate surface area is 58.2 Å². The molecule has 0 aliphatic rings. The third-order valence-corrected chi connectivity index (χ3v) is 0.601. The van der Waals surface area contributed by atoms with Gasteiger partial charge in [0, 0.05) is 0 Å². The summed E-state index contributed by atoms with van der Waals surface area (Å²) >= 11 is 5.03. The molecule has 0 fully saturated rings. The molecule has 0 saturated carbocycles. The Morgan fingerprint density at radius 3 is 2.78 bits per heavy atom. The zero-order valence-corrected chi connectivity index (χ0v) is 5.56. The summed E-state index contributed by atoms with van der Waals surface area (Å²) in [4.78, 5) is 10.2. The van der Waals surface area contributed by atoms with Gasteiger partial charge in [0.1, 0.15) is 6.61 Å². The van der Waals surface area contributed by atoms with Crippen molar-refractivity contribution >= 4 is 17.8 Å². The lowest BCUT2D eigenvalue weighted by Gasteiger charge is -1.98. The van der Waals surface area contributed by atoms with Gasteiger partial charge in [0.15, 0.2) is 6.07 Å². The zero-order chi connectivity index (χ0) is 7.11. The van der Waals surface area contributed by atoms with Crippen LogP contribution in [0.5, 0.6) is 0 Å². The summed E-state index contributed by atoms with van der Waals surface area (Å²) in [7, 11) is 0. The lowest BCUT2D eigenvalue weighted by molar-refractivity contribution is 0.0766. The van der Waals surface area contributed by atoms with E-state index in [1.165, 1.54) is 6.08 Å². The standard InChI is InChI=1S/C5H7ClO3/c1-2-3-8-5(7)9-4-6/h2H,1,3-4H2. The molecule has 0 rings (SSSR count). The van der Waals surface area contributed by atoms with Gasteiger partial charge < -0.3 is 9.47 Å². The van der Waals surface area contributed by atoms with Crippen LogP contribution in [-0.2, 0) is 9.47 Å². The highest BCUT2D eigenvalue weighted by atomic mass is 35.5. The maximum Gasteiger partial charge on any atom is 0.509 e. The molecule has 52 valence electrons. The Kier molecular flexibility index (Phi) is 5.01. The molecule has 0 saturated heterocycles.